The van der Waals surface area contributed by atoms with E-state index < -0.39 is 6.04 Å². The van der Waals surface area contributed by atoms with Crippen LogP contribution in [0.15, 0.2) is 78.9 Å². The molecule has 0 saturated heterocycles. The number of hydrogen-bond acceptors (Lipinski definition) is 3. The molecular formula is C31H37ClN2O3. The smallest absolute Gasteiger partial charge is 0.261 e. The Kier molecular flexibility index (Phi) is 11.0. The quantitative estimate of drug-likeness (QED) is 0.265. The van der Waals surface area contributed by atoms with E-state index in [4.69, 9.17) is 16.3 Å². The van der Waals surface area contributed by atoms with Crippen LogP contribution < -0.4 is 10.1 Å². The molecular weight excluding hydrogens is 484 g/mol. The van der Waals surface area contributed by atoms with Gasteiger partial charge in [-0.05, 0) is 53.3 Å². The second-order valence-electron chi connectivity index (χ2n) is 9.51. The summed E-state index contributed by atoms with van der Waals surface area (Å²) in [5.74, 6) is 0.592. The molecule has 0 aromatic heterocycles. The van der Waals surface area contributed by atoms with Gasteiger partial charge in [0.1, 0.15) is 11.8 Å². The maximum absolute atomic E-state index is 13.6. The van der Waals surface area contributed by atoms with Gasteiger partial charge in [0, 0.05) is 24.5 Å². The summed E-state index contributed by atoms with van der Waals surface area (Å²) >= 11 is 6.23. The highest BCUT2D eigenvalue weighted by molar-refractivity contribution is 6.30. The molecule has 0 aliphatic heterocycles. The van der Waals surface area contributed by atoms with Gasteiger partial charge in [0.2, 0.25) is 5.91 Å². The van der Waals surface area contributed by atoms with Gasteiger partial charge in [-0.25, -0.2) is 0 Å². The highest BCUT2D eigenvalue weighted by Crippen LogP contribution is 2.20. The van der Waals surface area contributed by atoms with Crippen molar-refractivity contribution in [2.24, 2.45) is 0 Å². The number of amides is 2. The molecule has 2 amide bonds. The Balaban J connectivity index is 1.86. The molecule has 0 bridgehead atoms. The van der Waals surface area contributed by atoms with Crippen molar-refractivity contribution in [1.29, 1.82) is 0 Å². The predicted octanol–water partition coefficient (Wildman–Crippen LogP) is 6.40. The third-order valence-corrected chi connectivity index (χ3v) is 6.49. The molecule has 0 aliphatic carbocycles. The van der Waals surface area contributed by atoms with E-state index in [0.717, 1.165) is 24.0 Å². The van der Waals surface area contributed by atoms with Gasteiger partial charge in [-0.3, -0.25) is 9.59 Å². The number of ether oxygens (including phenoxy) is 1. The first kappa shape index (κ1) is 28.3. The van der Waals surface area contributed by atoms with E-state index in [0.29, 0.717) is 29.7 Å². The Labute approximate surface area is 225 Å². The monoisotopic (exact) mass is 520 g/mol. The van der Waals surface area contributed by atoms with Crippen LogP contribution in [0.1, 0.15) is 56.2 Å². The van der Waals surface area contributed by atoms with E-state index in [1.807, 2.05) is 72.8 Å². The maximum atomic E-state index is 13.6. The number of unbranched alkanes of at least 4 members (excludes halogenated alkanes) is 1. The van der Waals surface area contributed by atoms with E-state index >= 15 is 0 Å². The Hall–Kier alpha value is -3.31. The van der Waals surface area contributed by atoms with Crippen LogP contribution in [-0.4, -0.2) is 35.9 Å². The molecule has 0 aliphatic rings. The zero-order chi connectivity index (χ0) is 26.6. The first-order valence-corrected chi connectivity index (χ1v) is 13.3. The molecule has 37 heavy (non-hydrogen) atoms. The summed E-state index contributed by atoms with van der Waals surface area (Å²) in [4.78, 5) is 28.7. The molecule has 3 rings (SSSR count). The highest BCUT2D eigenvalue weighted by Gasteiger charge is 2.30. The summed E-state index contributed by atoms with van der Waals surface area (Å²) in [6.45, 7) is 6.98. The molecule has 6 heteroatoms. The third-order valence-electron chi connectivity index (χ3n) is 6.25. The van der Waals surface area contributed by atoms with Crippen LogP contribution in [0.2, 0.25) is 5.02 Å². The van der Waals surface area contributed by atoms with Crippen LogP contribution in [0.4, 0.5) is 0 Å². The van der Waals surface area contributed by atoms with Crippen LogP contribution in [0.3, 0.4) is 0 Å². The minimum absolute atomic E-state index is 0.172. The minimum atomic E-state index is -0.697. The molecule has 196 valence electrons. The number of nitrogens with zero attached hydrogens (tertiary/aromatic N) is 1. The van der Waals surface area contributed by atoms with E-state index in [9.17, 15) is 9.59 Å². The fourth-order valence-corrected chi connectivity index (χ4v) is 4.28. The summed E-state index contributed by atoms with van der Waals surface area (Å²) in [5, 5.41) is 3.61. The number of carbonyl (C=O) groups excluding carboxylic acids is 2. The first-order valence-electron chi connectivity index (χ1n) is 13.0. The fourth-order valence-electron chi connectivity index (χ4n) is 4.07. The van der Waals surface area contributed by atoms with Gasteiger partial charge < -0.3 is 15.0 Å². The van der Waals surface area contributed by atoms with Gasteiger partial charge in [-0.1, -0.05) is 93.4 Å². The second-order valence-corrected chi connectivity index (χ2v) is 9.95. The first-order chi connectivity index (χ1) is 17.9. The lowest BCUT2D eigenvalue weighted by atomic mass is 10.0. The molecule has 0 unspecified atom stereocenters. The number of halogens is 1. The van der Waals surface area contributed by atoms with Gasteiger partial charge in [-0.15, -0.1) is 0 Å². The summed E-state index contributed by atoms with van der Waals surface area (Å²) in [6.07, 6.45) is 2.24. The van der Waals surface area contributed by atoms with Gasteiger partial charge in [0.05, 0.1) is 0 Å². The van der Waals surface area contributed by atoms with E-state index in [-0.39, 0.29) is 25.0 Å². The average Bonchev–Trinajstić information content (AvgIpc) is 2.90. The summed E-state index contributed by atoms with van der Waals surface area (Å²) in [7, 11) is 0. The van der Waals surface area contributed by atoms with Crippen molar-refractivity contribution in [2.75, 3.05) is 13.2 Å². The fraction of sp³-hybridized carbons (Fsp3) is 0.355. The van der Waals surface area contributed by atoms with Crippen molar-refractivity contribution in [2.45, 2.75) is 58.5 Å². The van der Waals surface area contributed by atoms with Crippen LogP contribution in [-0.2, 0) is 22.6 Å². The molecule has 3 aromatic rings. The summed E-state index contributed by atoms with van der Waals surface area (Å²) in [5.41, 5.74) is 3.03. The Morgan fingerprint density at radius 1 is 0.946 bits per heavy atom. The molecule has 0 saturated carbocycles. The second kappa shape index (κ2) is 14.4. The molecule has 0 heterocycles. The van der Waals surface area contributed by atoms with Crippen molar-refractivity contribution in [1.82, 2.24) is 10.2 Å². The van der Waals surface area contributed by atoms with Crippen molar-refractivity contribution in [3.8, 4) is 5.75 Å². The zero-order valence-corrected chi connectivity index (χ0v) is 22.7. The lowest BCUT2D eigenvalue weighted by Crippen LogP contribution is -2.51. The topological polar surface area (TPSA) is 58.6 Å². The number of rotatable bonds is 13. The molecule has 1 N–H and O–H groups in total. The summed E-state index contributed by atoms with van der Waals surface area (Å²) in [6, 6.07) is 24.2. The van der Waals surface area contributed by atoms with E-state index in [1.54, 1.807) is 11.0 Å². The van der Waals surface area contributed by atoms with Crippen LogP contribution in [0, 0.1) is 0 Å². The Morgan fingerprint density at radius 2 is 1.65 bits per heavy atom. The largest absolute Gasteiger partial charge is 0.484 e. The van der Waals surface area contributed by atoms with Crippen LogP contribution in [0.5, 0.6) is 5.75 Å². The van der Waals surface area contributed by atoms with Gasteiger partial charge >= 0.3 is 0 Å². The summed E-state index contributed by atoms with van der Waals surface area (Å²) < 4.78 is 5.87. The molecule has 0 spiro atoms. The maximum Gasteiger partial charge on any atom is 0.261 e. The van der Waals surface area contributed by atoms with Gasteiger partial charge in [-0.2, -0.15) is 0 Å². The SMILES string of the molecule is CCCCNC(=O)[C@@H](Cc1ccccc1)N(Cc1cccc(Cl)c1)C(=O)COc1ccc(C(C)C)cc1. The Morgan fingerprint density at radius 3 is 2.30 bits per heavy atom. The molecule has 3 aromatic carbocycles. The standard InChI is InChI=1S/C31H37ClN2O3/c1-4-5-18-33-31(36)29(20-24-10-7-6-8-11-24)34(21-25-12-9-13-27(32)19-25)30(35)22-37-28-16-14-26(15-17-28)23(2)3/h6-17,19,23,29H,4-5,18,20-22H2,1-3H3,(H,33,36)/t29-/m1/s1. The number of nitrogens with one attached hydrogen (secondary N) is 1. The normalized spacial score (nSPS) is 11.7. The zero-order valence-electron chi connectivity index (χ0n) is 22.0. The molecule has 1 atom stereocenters. The minimum Gasteiger partial charge on any atom is -0.484 e. The van der Waals surface area contributed by atoms with Crippen LogP contribution in [0.25, 0.3) is 0 Å². The van der Waals surface area contributed by atoms with Gasteiger partial charge in [0.15, 0.2) is 6.61 Å². The molecule has 0 fully saturated rings. The van der Waals surface area contributed by atoms with E-state index in [1.165, 1.54) is 5.56 Å². The van der Waals surface area contributed by atoms with Crippen LogP contribution >= 0.6 is 11.6 Å². The van der Waals surface area contributed by atoms with Crippen molar-refractivity contribution in [3.63, 3.8) is 0 Å². The lowest BCUT2D eigenvalue weighted by Gasteiger charge is -2.31. The number of carbonyl (C=O) groups is 2. The highest BCUT2D eigenvalue weighted by atomic mass is 35.5. The van der Waals surface area contributed by atoms with E-state index in [2.05, 4.69) is 26.1 Å². The molecule has 0 radical (unpaired) electrons. The number of benzene rings is 3. The van der Waals surface area contributed by atoms with Gasteiger partial charge in [0.25, 0.3) is 5.91 Å². The predicted molar refractivity (Wildman–Crippen MR) is 150 cm³/mol. The van der Waals surface area contributed by atoms with Crippen molar-refractivity contribution >= 4 is 23.4 Å². The third kappa shape index (κ3) is 8.94. The molecule has 5 nitrogen and oxygen atoms in total. The number of hydrogen-bond donors (Lipinski definition) is 1. The van der Waals surface area contributed by atoms with Crippen molar-refractivity contribution in [3.05, 3.63) is 101 Å². The van der Waals surface area contributed by atoms with Crippen molar-refractivity contribution < 1.29 is 14.3 Å². The Bertz CT molecular complexity index is 1130. The lowest BCUT2D eigenvalue weighted by molar-refractivity contribution is -0.142. The average molecular weight is 521 g/mol.